The Morgan fingerprint density at radius 1 is 0.793 bits per heavy atom. The van der Waals surface area contributed by atoms with Crippen LogP contribution in [0.2, 0.25) is 6.04 Å². The molecule has 0 rings (SSSR count). The third kappa shape index (κ3) is 14.0. The lowest BCUT2D eigenvalue weighted by molar-refractivity contribution is -0.144. The highest BCUT2D eigenvalue weighted by Crippen LogP contribution is 2.24. The second-order valence-corrected chi connectivity index (χ2v) is 10.5. The predicted molar refractivity (Wildman–Crippen MR) is 122 cm³/mol. The van der Waals surface area contributed by atoms with Gasteiger partial charge in [-0.1, -0.05) is 66.4 Å². The quantitative estimate of drug-likeness (QED) is 0.0962. The molecule has 0 radical (unpaired) electrons. The van der Waals surface area contributed by atoms with E-state index in [1.165, 1.54) is 0 Å². The van der Waals surface area contributed by atoms with Gasteiger partial charge in [0.1, 0.15) is 6.10 Å². The lowest BCUT2D eigenvalue weighted by Gasteiger charge is -2.31. The van der Waals surface area contributed by atoms with Crippen molar-refractivity contribution in [1.82, 2.24) is 0 Å². The zero-order valence-electron chi connectivity index (χ0n) is 19.7. The molecule has 0 aromatic carbocycles. The highest BCUT2D eigenvalue weighted by Gasteiger charge is 2.41. The average Bonchev–Trinajstić information content (AvgIpc) is 2.70. The van der Waals surface area contributed by atoms with Gasteiger partial charge in [-0.15, -0.1) is 0 Å². The molecular formula is C23H46O5Si. The number of unbranched alkanes of at least 4 members (excludes halogenated alkanes) is 4. The van der Waals surface area contributed by atoms with Crippen LogP contribution in [-0.4, -0.2) is 40.7 Å². The van der Waals surface area contributed by atoms with Crippen molar-refractivity contribution in [2.45, 2.75) is 111 Å². The van der Waals surface area contributed by atoms with E-state index in [-0.39, 0.29) is 12.1 Å². The molecule has 1 unspecified atom stereocenters. The van der Waals surface area contributed by atoms with Crippen molar-refractivity contribution < 1.29 is 22.8 Å². The van der Waals surface area contributed by atoms with E-state index < -0.39 is 8.80 Å². The molecule has 0 amide bonds. The Bertz CT molecular complexity index is 401. The number of hydrogen-bond acceptors (Lipinski definition) is 5. The standard InChI is InChI=1S/C23H46O5Si/c1-7-11-15-22(28-23(24)21(5)6)16-20-29(25-17-12-8-2,26-18-13-9-3)27-19-14-10-4/h22H,5,7-20H2,1-4,6H3. The molecule has 0 aliphatic heterocycles. The van der Waals surface area contributed by atoms with Crippen molar-refractivity contribution >= 4 is 14.8 Å². The largest absolute Gasteiger partial charge is 0.501 e. The van der Waals surface area contributed by atoms with Gasteiger partial charge in [0, 0.05) is 31.4 Å². The number of ether oxygens (including phenoxy) is 1. The van der Waals surface area contributed by atoms with Gasteiger partial charge in [0.2, 0.25) is 0 Å². The molecule has 29 heavy (non-hydrogen) atoms. The fourth-order valence-electron chi connectivity index (χ4n) is 2.74. The molecule has 0 fully saturated rings. The van der Waals surface area contributed by atoms with Crippen molar-refractivity contribution in [3.8, 4) is 0 Å². The minimum absolute atomic E-state index is 0.148. The molecule has 1 atom stereocenters. The van der Waals surface area contributed by atoms with Gasteiger partial charge < -0.3 is 18.0 Å². The topological polar surface area (TPSA) is 54.0 Å². The molecule has 0 spiro atoms. The smallest absolute Gasteiger partial charge is 0.459 e. The van der Waals surface area contributed by atoms with E-state index >= 15 is 0 Å². The van der Waals surface area contributed by atoms with E-state index in [2.05, 4.69) is 34.3 Å². The SMILES string of the molecule is C=C(C)C(=O)OC(CCCC)CC[Si](OCCCC)(OCCCC)OCCCC. The number of hydrogen-bond donors (Lipinski definition) is 0. The lowest BCUT2D eigenvalue weighted by Crippen LogP contribution is -2.47. The molecule has 0 saturated carbocycles. The van der Waals surface area contributed by atoms with Gasteiger partial charge in [-0.2, -0.15) is 0 Å². The summed E-state index contributed by atoms with van der Waals surface area (Å²) < 4.78 is 24.6. The van der Waals surface area contributed by atoms with E-state index in [1.54, 1.807) is 6.92 Å². The van der Waals surface area contributed by atoms with Gasteiger partial charge in [0.15, 0.2) is 0 Å². The molecular weight excluding hydrogens is 384 g/mol. The van der Waals surface area contributed by atoms with Crippen LogP contribution >= 0.6 is 0 Å². The number of carbonyl (C=O) groups is 1. The van der Waals surface area contributed by atoms with Crippen LogP contribution in [0.15, 0.2) is 12.2 Å². The van der Waals surface area contributed by atoms with Crippen molar-refractivity contribution in [3.05, 3.63) is 12.2 Å². The summed E-state index contributed by atoms with van der Waals surface area (Å²) in [6.07, 6.45) is 9.69. The van der Waals surface area contributed by atoms with E-state index in [9.17, 15) is 4.79 Å². The molecule has 0 saturated heterocycles. The zero-order valence-corrected chi connectivity index (χ0v) is 20.7. The van der Waals surface area contributed by atoms with Crippen LogP contribution in [0.25, 0.3) is 0 Å². The van der Waals surface area contributed by atoms with Crippen molar-refractivity contribution in [1.29, 1.82) is 0 Å². The van der Waals surface area contributed by atoms with Gasteiger partial charge >= 0.3 is 14.8 Å². The summed E-state index contributed by atoms with van der Waals surface area (Å²) in [6, 6.07) is 0.683. The van der Waals surface area contributed by atoms with Gasteiger partial charge in [-0.05, 0) is 39.0 Å². The Hall–Kier alpha value is -0.693. The first-order valence-corrected chi connectivity index (χ1v) is 13.7. The molecule has 172 valence electrons. The average molecular weight is 431 g/mol. The fraction of sp³-hybridized carbons (Fsp3) is 0.870. The van der Waals surface area contributed by atoms with Gasteiger partial charge in [0.05, 0.1) is 0 Å². The Kier molecular flexibility index (Phi) is 17.7. The maximum Gasteiger partial charge on any atom is 0.501 e. The molecule has 5 nitrogen and oxygen atoms in total. The molecule has 0 heterocycles. The monoisotopic (exact) mass is 430 g/mol. The van der Waals surface area contributed by atoms with E-state index in [0.29, 0.717) is 37.9 Å². The third-order valence-corrected chi connectivity index (χ3v) is 7.57. The second kappa shape index (κ2) is 18.1. The summed E-state index contributed by atoms with van der Waals surface area (Å²) in [5, 5.41) is 0. The number of esters is 1. The first-order valence-electron chi connectivity index (χ1n) is 11.7. The molecule has 0 aromatic rings. The maximum absolute atomic E-state index is 12.1. The summed E-state index contributed by atoms with van der Waals surface area (Å²) in [6.45, 7) is 16.0. The number of rotatable bonds is 20. The van der Waals surface area contributed by atoms with Crippen LogP contribution in [0.5, 0.6) is 0 Å². The Morgan fingerprint density at radius 3 is 1.62 bits per heavy atom. The summed E-state index contributed by atoms with van der Waals surface area (Å²) in [4.78, 5) is 12.1. The fourth-order valence-corrected chi connectivity index (χ4v) is 5.47. The minimum Gasteiger partial charge on any atom is -0.459 e. The van der Waals surface area contributed by atoms with Gasteiger partial charge in [0.25, 0.3) is 0 Å². The zero-order chi connectivity index (χ0) is 22.0. The van der Waals surface area contributed by atoms with E-state index in [0.717, 1.165) is 57.8 Å². The molecule has 0 bridgehead atoms. The Balaban J connectivity index is 5.20. The van der Waals surface area contributed by atoms with Crippen LogP contribution in [0, 0.1) is 0 Å². The Labute approximate surface area is 180 Å². The lowest BCUT2D eigenvalue weighted by atomic mass is 10.1. The van der Waals surface area contributed by atoms with Crippen LogP contribution in [-0.2, 0) is 22.8 Å². The molecule has 0 aliphatic rings. The predicted octanol–water partition coefficient (Wildman–Crippen LogP) is 6.44. The summed E-state index contributed by atoms with van der Waals surface area (Å²) in [7, 11) is -2.80. The van der Waals surface area contributed by atoms with Crippen molar-refractivity contribution in [2.75, 3.05) is 19.8 Å². The second-order valence-electron chi connectivity index (χ2n) is 7.78. The van der Waals surface area contributed by atoms with Gasteiger partial charge in [-0.3, -0.25) is 0 Å². The highest BCUT2D eigenvalue weighted by molar-refractivity contribution is 6.60. The minimum atomic E-state index is -2.80. The maximum atomic E-state index is 12.1. The molecule has 0 aliphatic carbocycles. The van der Waals surface area contributed by atoms with Crippen LogP contribution in [0.1, 0.15) is 98.8 Å². The number of carbonyl (C=O) groups excluding carboxylic acids is 1. The first kappa shape index (κ1) is 28.3. The van der Waals surface area contributed by atoms with Crippen molar-refractivity contribution in [2.24, 2.45) is 0 Å². The van der Waals surface area contributed by atoms with E-state index in [1.807, 2.05) is 0 Å². The van der Waals surface area contributed by atoms with Crippen LogP contribution in [0.3, 0.4) is 0 Å². The van der Waals surface area contributed by atoms with E-state index in [4.69, 9.17) is 18.0 Å². The first-order chi connectivity index (χ1) is 13.9. The third-order valence-electron chi connectivity index (χ3n) is 4.73. The molecule has 6 heteroatoms. The van der Waals surface area contributed by atoms with Crippen molar-refractivity contribution in [3.63, 3.8) is 0 Å². The Morgan fingerprint density at radius 2 is 1.24 bits per heavy atom. The normalized spacial score (nSPS) is 12.7. The molecule has 0 aromatic heterocycles. The summed E-state index contributed by atoms with van der Waals surface area (Å²) in [5.74, 6) is -0.316. The summed E-state index contributed by atoms with van der Waals surface area (Å²) >= 11 is 0. The van der Waals surface area contributed by atoms with Gasteiger partial charge in [-0.25, -0.2) is 4.79 Å². The molecule has 0 N–H and O–H groups in total. The summed E-state index contributed by atoms with van der Waals surface area (Å²) in [5.41, 5.74) is 0.438. The van der Waals surface area contributed by atoms with Crippen LogP contribution < -0.4 is 0 Å². The van der Waals surface area contributed by atoms with Crippen LogP contribution in [0.4, 0.5) is 0 Å². The highest BCUT2D eigenvalue weighted by atomic mass is 28.4.